The Kier molecular flexibility index (Phi) is 5.84. The van der Waals surface area contributed by atoms with Gasteiger partial charge in [0.1, 0.15) is 4.88 Å². The van der Waals surface area contributed by atoms with Gasteiger partial charge in [0.2, 0.25) is 0 Å². The number of hydrogen-bond acceptors (Lipinski definition) is 8. The van der Waals surface area contributed by atoms with E-state index >= 15 is 0 Å². The number of carbonyl (C=O) groups is 1. The van der Waals surface area contributed by atoms with Crippen molar-refractivity contribution in [2.75, 3.05) is 20.6 Å². The summed E-state index contributed by atoms with van der Waals surface area (Å²) in [7, 11) is 4.09. The predicted molar refractivity (Wildman–Crippen MR) is 99.7 cm³/mol. The third kappa shape index (κ3) is 4.46. The Morgan fingerprint density at radius 2 is 2.24 bits per heavy atom. The van der Waals surface area contributed by atoms with Gasteiger partial charge < -0.3 is 14.6 Å². The molecule has 132 valence electrons. The molecule has 3 aromatic rings. The van der Waals surface area contributed by atoms with Gasteiger partial charge in [0, 0.05) is 6.54 Å². The van der Waals surface area contributed by atoms with Crippen molar-refractivity contribution in [1.82, 2.24) is 24.6 Å². The maximum atomic E-state index is 11.0. The third-order valence-electron chi connectivity index (χ3n) is 3.32. The molecule has 0 bridgehead atoms. The molecule has 0 radical (unpaired) electrons. The van der Waals surface area contributed by atoms with Crippen LogP contribution in [0.5, 0.6) is 0 Å². The molecule has 3 heterocycles. The van der Waals surface area contributed by atoms with Crippen molar-refractivity contribution in [3.8, 4) is 10.7 Å². The number of nitrogens with zero attached hydrogens (tertiary/aromatic N) is 5. The summed E-state index contributed by atoms with van der Waals surface area (Å²) >= 11 is 4.12. The average molecular weight is 396 g/mol. The Labute approximate surface area is 157 Å². The molecule has 0 spiro atoms. The van der Waals surface area contributed by atoms with Crippen LogP contribution in [0, 0.1) is 0 Å². The number of carboxylic acids is 1. The van der Waals surface area contributed by atoms with Crippen molar-refractivity contribution in [3.63, 3.8) is 0 Å². The number of aromatic nitrogens is 4. The van der Waals surface area contributed by atoms with Crippen LogP contribution in [0.3, 0.4) is 0 Å². The first-order valence-corrected chi connectivity index (χ1v) is 10.0. The molecule has 0 unspecified atom stereocenters. The fraction of sp³-hybridized carbons (Fsp3) is 0.333. The molecule has 0 aliphatic rings. The van der Waals surface area contributed by atoms with Crippen LogP contribution < -0.4 is 0 Å². The minimum absolute atomic E-state index is 0.222. The van der Waals surface area contributed by atoms with Crippen LogP contribution in [0.4, 0.5) is 0 Å². The number of thiophene rings is 1. The van der Waals surface area contributed by atoms with Crippen LogP contribution >= 0.6 is 34.4 Å². The molecular formula is C15H17N5O2S3. The molecule has 3 aromatic heterocycles. The fourth-order valence-corrected chi connectivity index (χ4v) is 4.68. The quantitative estimate of drug-likeness (QED) is 0.626. The van der Waals surface area contributed by atoms with Crippen molar-refractivity contribution >= 4 is 40.4 Å². The first-order valence-electron chi connectivity index (χ1n) is 7.53. The molecule has 0 saturated heterocycles. The molecule has 1 N–H and O–H groups in total. The zero-order chi connectivity index (χ0) is 17.8. The molecule has 0 atom stereocenters. The molecule has 25 heavy (non-hydrogen) atoms. The topological polar surface area (TPSA) is 84.1 Å². The van der Waals surface area contributed by atoms with Gasteiger partial charge in [-0.3, -0.25) is 0 Å². The van der Waals surface area contributed by atoms with Crippen molar-refractivity contribution in [2.45, 2.75) is 22.5 Å². The molecule has 0 fully saturated rings. The first kappa shape index (κ1) is 18.1. The first-order chi connectivity index (χ1) is 12.0. The zero-order valence-electron chi connectivity index (χ0n) is 13.7. The number of rotatable bonds is 8. The van der Waals surface area contributed by atoms with E-state index in [1.54, 1.807) is 11.3 Å². The highest BCUT2D eigenvalue weighted by Crippen LogP contribution is 2.33. The highest BCUT2D eigenvalue weighted by Gasteiger charge is 2.18. The van der Waals surface area contributed by atoms with Gasteiger partial charge in [0.25, 0.3) is 0 Å². The van der Waals surface area contributed by atoms with Gasteiger partial charge in [-0.2, -0.15) is 0 Å². The molecule has 3 rings (SSSR count). The standard InChI is InChI=1S/C15H17N5O2S3/c1-19(2)6-4-7-20-12(10-5-3-8-23-10)17-18-14(20)25-15-16-9-11(24-15)13(21)22/h3,5,8-9H,4,6-7H2,1-2H3,(H,21,22). The second-order valence-corrected chi connectivity index (χ2v) is 8.68. The van der Waals surface area contributed by atoms with Crippen molar-refractivity contribution < 1.29 is 9.90 Å². The van der Waals surface area contributed by atoms with E-state index < -0.39 is 5.97 Å². The van der Waals surface area contributed by atoms with Crippen LogP contribution in [0.15, 0.2) is 33.2 Å². The van der Waals surface area contributed by atoms with E-state index in [-0.39, 0.29) is 4.88 Å². The summed E-state index contributed by atoms with van der Waals surface area (Å²) in [6.45, 7) is 1.75. The van der Waals surface area contributed by atoms with Crippen LogP contribution in [-0.2, 0) is 6.54 Å². The van der Waals surface area contributed by atoms with E-state index in [9.17, 15) is 4.79 Å². The SMILES string of the molecule is CN(C)CCCn1c(Sc2ncc(C(=O)O)s2)nnc1-c1cccs1. The van der Waals surface area contributed by atoms with Crippen LogP contribution in [-0.4, -0.2) is 56.4 Å². The monoisotopic (exact) mass is 395 g/mol. The van der Waals surface area contributed by atoms with E-state index in [4.69, 9.17) is 5.11 Å². The van der Waals surface area contributed by atoms with Crippen LogP contribution in [0.2, 0.25) is 0 Å². The summed E-state index contributed by atoms with van der Waals surface area (Å²) in [4.78, 5) is 18.6. The number of hydrogen-bond donors (Lipinski definition) is 1. The average Bonchev–Trinajstić information content (AvgIpc) is 3.28. The van der Waals surface area contributed by atoms with Gasteiger partial charge in [0.05, 0.1) is 11.1 Å². The molecule has 0 aromatic carbocycles. The Morgan fingerprint density at radius 3 is 2.88 bits per heavy atom. The van der Waals surface area contributed by atoms with Gasteiger partial charge in [-0.15, -0.1) is 32.9 Å². The number of carboxylic acid groups (broad SMARTS) is 1. The Bertz CT molecular complexity index is 841. The Balaban J connectivity index is 1.85. The Hall–Kier alpha value is -1.75. The van der Waals surface area contributed by atoms with E-state index in [1.807, 2.05) is 31.6 Å². The molecule has 0 saturated carbocycles. The third-order valence-corrected chi connectivity index (χ3v) is 6.23. The van der Waals surface area contributed by atoms with Gasteiger partial charge >= 0.3 is 5.97 Å². The fourth-order valence-electron chi connectivity index (χ4n) is 2.18. The summed E-state index contributed by atoms with van der Waals surface area (Å²) in [5.41, 5.74) is 0. The minimum atomic E-state index is -0.962. The second-order valence-electron chi connectivity index (χ2n) is 5.49. The maximum absolute atomic E-state index is 11.0. The Morgan fingerprint density at radius 1 is 1.40 bits per heavy atom. The lowest BCUT2D eigenvalue weighted by Crippen LogP contribution is -2.15. The van der Waals surface area contributed by atoms with Gasteiger partial charge in [-0.1, -0.05) is 6.07 Å². The molecule has 0 aliphatic heterocycles. The van der Waals surface area contributed by atoms with Crippen molar-refractivity contribution in [1.29, 1.82) is 0 Å². The number of thiazole rings is 1. The van der Waals surface area contributed by atoms with E-state index in [1.165, 1.54) is 18.0 Å². The smallest absolute Gasteiger partial charge is 0.347 e. The molecule has 7 nitrogen and oxygen atoms in total. The van der Waals surface area contributed by atoms with Gasteiger partial charge in [-0.25, -0.2) is 9.78 Å². The van der Waals surface area contributed by atoms with E-state index in [0.29, 0.717) is 4.34 Å². The summed E-state index contributed by atoms with van der Waals surface area (Å²) < 4.78 is 2.73. The van der Waals surface area contributed by atoms with E-state index in [2.05, 4.69) is 24.6 Å². The summed E-state index contributed by atoms with van der Waals surface area (Å²) in [5.74, 6) is -0.123. The van der Waals surface area contributed by atoms with Crippen molar-refractivity contribution in [2.24, 2.45) is 0 Å². The normalized spacial score (nSPS) is 11.3. The maximum Gasteiger partial charge on any atom is 0.347 e. The molecule has 0 amide bonds. The summed E-state index contributed by atoms with van der Waals surface area (Å²) in [6, 6.07) is 4.02. The van der Waals surface area contributed by atoms with Crippen LogP contribution in [0.1, 0.15) is 16.1 Å². The van der Waals surface area contributed by atoms with E-state index in [0.717, 1.165) is 46.7 Å². The lowest BCUT2D eigenvalue weighted by atomic mass is 10.4. The molecule has 10 heteroatoms. The predicted octanol–water partition coefficient (Wildman–Crippen LogP) is 3.26. The van der Waals surface area contributed by atoms with Gasteiger partial charge in [0.15, 0.2) is 15.3 Å². The highest BCUT2D eigenvalue weighted by atomic mass is 32.2. The minimum Gasteiger partial charge on any atom is -0.477 e. The summed E-state index contributed by atoms with van der Waals surface area (Å²) in [5, 5.41) is 20.4. The zero-order valence-corrected chi connectivity index (χ0v) is 16.2. The highest BCUT2D eigenvalue weighted by molar-refractivity contribution is 8.00. The molecular weight excluding hydrogens is 378 g/mol. The van der Waals surface area contributed by atoms with Gasteiger partial charge in [-0.05, 0) is 50.3 Å². The largest absolute Gasteiger partial charge is 0.477 e. The second kappa shape index (κ2) is 8.09. The number of aromatic carboxylic acids is 1. The summed E-state index contributed by atoms with van der Waals surface area (Å²) in [6.07, 6.45) is 2.34. The van der Waals surface area contributed by atoms with Crippen LogP contribution in [0.25, 0.3) is 10.7 Å². The lowest BCUT2D eigenvalue weighted by molar-refractivity contribution is 0.0702. The lowest BCUT2D eigenvalue weighted by Gasteiger charge is -2.12. The van der Waals surface area contributed by atoms with Crippen molar-refractivity contribution in [3.05, 3.63) is 28.6 Å². The molecule has 0 aliphatic carbocycles.